The number of rotatable bonds is 1. The number of hydrogen-bond donors (Lipinski definition) is 0. The van der Waals surface area contributed by atoms with Gasteiger partial charge < -0.3 is 4.90 Å². The van der Waals surface area contributed by atoms with Crippen molar-refractivity contribution in [1.82, 2.24) is 4.90 Å². The van der Waals surface area contributed by atoms with Crippen LogP contribution in [0.3, 0.4) is 0 Å². The summed E-state index contributed by atoms with van der Waals surface area (Å²) in [6.45, 7) is 0.543. The summed E-state index contributed by atoms with van der Waals surface area (Å²) in [5.41, 5.74) is 0.648. The average molecular weight is 175 g/mol. The summed E-state index contributed by atoms with van der Waals surface area (Å²) in [5.74, 6) is 0.0736. The molecule has 1 fully saturated rings. The molecule has 3 heteroatoms. The quantitative estimate of drug-likeness (QED) is 0.630. The van der Waals surface area contributed by atoms with Gasteiger partial charge in [0.2, 0.25) is 0 Å². The summed E-state index contributed by atoms with van der Waals surface area (Å²) >= 11 is 0. The van der Waals surface area contributed by atoms with E-state index in [0.717, 1.165) is 0 Å². The molecule has 0 saturated carbocycles. The molecule has 0 unspecified atom stereocenters. The Hall–Kier alpha value is -1.64. The van der Waals surface area contributed by atoms with E-state index in [2.05, 4.69) is 0 Å². The van der Waals surface area contributed by atoms with Crippen molar-refractivity contribution in [1.29, 1.82) is 0 Å². The van der Waals surface area contributed by atoms with Gasteiger partial charge in [-0.05, 0) is 12.1 Å². The van der Waals surface area contributed by atoms with Crippen LogP contribution in [-0.4, -0.2) is 29.7 Å². The maximum absolute atomic E-state index is 11.5. The molecule has 0 spiro atoms. The molecule has 0 atom stereocenters. The van der Waals surface area contributed by atoms with Crippen LogP contribution in [0.1, 0.15) is 10.4 Å². The van der Waals surface area contributed by atoms with E-state index in [1.807, 2.05) is 18.2 Å². The second kappa shape index (κ2) is 3.01. The van der Waals surface area contributed by atoms with Crippen LogP contribution in [0.15, 0.2) is 30.3 Å². The molecular weight excluding hydrogens is 166 g/mol. The van der Waals surface area contributed by atoms with Gasteiger partial charge in [0.05, 0.1) is 13.1 Å². The normalized spacial score (nSPS) is 15.4. The molecule has 13 heavy (non-hydrogen) atoms. The van der Waals surface area contributed by atoms with E-state index < -0.39 is 0 Å². The van der Waals surface area contributed by atoms with Gasteiger partial charge in [-0.15, -0.1) is 0 Å². The molecular formula is C10H9NO2. The van der Waals surface area contributed by atoms with E-state index >= 15 is 0 Å². The first-order valence-electron chi connectivity index (χ1n) is 4.13. The zero-order valence-electron chi connectivity index (χ0n) is 7.06. The van der Waals surface area contributed by atoms with E-state index in [0.29, 0.717) is 5.56 Å². The lowest BCUT2D eigenvalue weighted by Gasteiger charge is -2.29. The second-order valence-electron chi connectivity index (χ2n) is 3.07. The van der Waals surface area contributed by atoms with E-state index in [1.54, 1.807) is 12.1 Å². The fourth-order valence-electron chi connectivity index (χ4n) is 1.29. The van der Waals surface area contributed by atoms with Crippen molar-refractivity contribution in [2.24, 2.45) is 0 Å². The van der Waals surface area contributed by atoms with Gasteiger partial charge in [-0.1, -0.05) is 18.2 Å². The van der Waals surface area contributed by atoms with Gasteiger partial charge in [0.25, 0.3) is 5.91 Å². The van der Waals surface area contributed by atoms with Crippen LogP contribution < -0.4 is 0 Å². The highest BCUT2D eigenvalue weighted by Crippen LogP contribution is 2.09. The first-order valence-corrected chi connectivity index (χ1v) is 4.13. The van der Waals surface area contributed by atoms with Gasteiger partial charge >= 0.3 is 0 Å². The number of hydrogen-bond acceptors (Lipinski definition) is 2. The van der Waals surface area contributed by atoms with Crippen molar-refractivity contribution < 1.29 is 9.59 Å². The lowest BCUT2D eigenvalue weighted by Crippen LogP contribution is -2.50. The fourth-order valence-corrected chi connectivity index (χ4v) is 1.29. The number of ketones is 1. The Morgan fingerprint density at radius 1 is 1.15 bits per heavy atom. The molecule has 2 rings (SSSR count). The third kappa shape index (κ3) is 1.45. The number of nitrogens with zero attached hydrogens (tertiary/aromatic N) is 1. The Balaban J connectivity index is 2.10. The predicted octanol–water partition coefficient (Wildman–Crippen LogP) is 0.712. The average Bonchev–Trinajstić information content (AvgIpc) is 2.13. The standard InChI is InChI=1S/C10H9NO2/c12-9-6-11(7-9)10(13)8-4-2-1-3-5-8/h1-5H,6-7H2. The number of benzene rings is 1. The van der Waals surface area contributed by atoms with Crippen LogP contribution in [0.25, 0.3) is 0 Å². The Morgan fingerprint density at radius 3 is 2.31 bits per heavy atom. The molecule has 0 aliphatic carbocycles. The Labute approximate surface area is 76.0 Å². The summed E-state index contributed by atoms with van der Waals surface area (Å²) < 4.78 is 0. The monoisotopic (exact) mass is 175 g/mol. The van der Waals surface area contributed by atoms with Crippen LogP contribution in [0.2, 0.25) is 0 Å². The molecule has 0 aromatic heterocycles. The van der Waals surface area contributed by atoms with Crippen molar-refractivity contribution in [2.75, 3.05) is 13.1 Å². The smallest absolute Gasteiger partial charge is 0.254 e. The predicted molar refractivity (Wildman–Crippen MR) is 47.4 cm³/mol. The number of carbonyl (C=O) groups is 2. The maximum Gasteiger partial charge on any atom is 0.254 e. The summed E-state index contributed by atoms with van der Waals surface area (Å²) in [7, 11) is 0. The largest absolute Gasteiger partial charge is 0.324 e. The first kappa shape index (κ1) is 7.98. The zero-order chi connectivity index (χ0) is 9.26. The molecule has 0 bridgehead atoms. The number of carbonyl (C=O) groups excluding carboxylic acids is 2. The Kier molecular flexibility index (Phi) is 1.85. The van der Waals surface area contributed by atoms with Crippen molar-refractivity contribution in [3.8, 4) is 0 Å². The third-order valence-corrected chi connectivity index (χ3v) is 2.04. The van der Waals surface area contributed by atoms with Crippen molar-refractivity contribution >= 4 is 11.7 Å². The molecule has 1 aliphatic heterocycles. The van der Waals surface area contributed by atoms with E-state index in [4.69, 9.17) is 0 Å². The highest BCUT2D eigenvalue weighted by atomic mass is 16.2. The van der Waals surface area contributed by atoms with Crippen LogP contribution in [-0.2, 0) is 4.79 Å². The van der Waals surface area contributed by atoms with Gasteiger partial charge in [0, 0.05) is 5.56 Å². The van der Waals surface area contributed by atoms with E-state index in [9.17, 15) is 9.59 Å². The van der Waals surface area contributed by atoms with Gasteiger partial charge in [-0.25, -0.2) is 0 Å². The minimum atomic E-state index is -0.0554. The molecule has 1 heterocycles. The first-order chi connectivity index (χ1) is 6.27. The van der Waals surface area contributed by atoms with Crippen LogP contribution in [0.5, 0.6) is 0 Å². The lowest BCUT2D eigenvalue weighted by atomic mass is 10.1. The Bertz CT molecular complexity index is 337. The topological polar surface area (TPSA) is 37.4 Å². The second-order valence-corrected chi connectivity index (χ2v) is 3.07. The van der Waals surface area contributed by atoms with Crippen molar-refractivity contribution in [3.05, 3.63) is 35.9 Å². The minimum Gasteiger partial charge on any atom is -0.324 e. The number of likely N-dealkylation sites (tertiary alicyclic amines) is 1. The van der Waals surface area contributed by atoms with Gasteiger partial charge in [-0.2, -0.15) is 0 Å². The fraction of sp³-hybridized carbons (Fsp3) is 0.200. The van der Waals surface area contributed by atoms with Gasteiger partial charge in [0.1, 0.15) is 0 Å². The van der Waals surface area contributed by atoms with Crippen molar-refractivity contribution in [3.63, 3.8) is 0 Å². The summed E-state index contributed by atoms with van der Waals surface area (Å²) in [5, 5.41) is 0. The van der Waals surface area contributed by atoms with Gasteiger partial charge in [-0.3, -0.25) is 9.59 Å². The summed E-state index contributed by atoms with van der Waals surface area (Å²) in [4.78, 5) is 23.7. The molecule has 1 aromatic carbocycles. The highest BCUT2D eigenvalue weighted by molar-refractivity contribution is 6.03. The molecule has 0 N–H and O–H groups in total. The molecule has 1 aliphatic rings. The molecule has 1 aromatic rings. The number of Topliss-reactive ketones (excluding diaryl/α,β-unsaturated/α-hetero) is 1. The zero-order valence-corrected chi connectivity index (χ0v) is 7.06. The SMILES string of the molecule is O=C1CN(C(=O)c2ccccc2)C1. The maximum atomic E-state index is 11.5. The lowest BCUT2D eigenvalue weighted by molar-refractivity contribution is -0.127. The molecule has 1 saturated heterocycles. The van der Waals surface area contributed by atoms with Crippen molar-refractivity contribution in [2.45, 2.75) is 0 Å². The van der Waals surface area contributed by atoms with E-state index in [1.165, 1.54) is 4.90 Å². The number of amides is 1. The van der Waals surface area contributed by atoms with Gasteiger partial charge in [0.15, 0.2) is 5.78 Å². The third-order valence-electron chi connectivity index (χ3n) is 2.04. The summed E-state index contributed by atoms with van der Waals surface area (Å²) in [6.07, 6.45) is 0. The van der Waals surface area contributed by atoms with Crippen LogP contribution in [0.4, 0.5) is 0 Å². The molecule has 0 radical (unpaired) electrons. The molecule has 3 nitrogen and oxygen atoms in total. The molecule has 66 valence electrons. The van der Waals surface area contributed by atoms with E-state index in [-0.39, 0.29) is 24.8 Å². The Morgan fingerprint density at radius 2 is 1.77 bits per heavy atom. The van der Waals surface area contributed by atoms with Crippen LogP contribution >= 0.6 is 0 Å². The van der Waals surface area contributed by atoms with Crippen LogP contribution in [0, 0.1) is 0 Å². The summed E-state index contributed by atoms with van der Waals surface area (Å²) in [6, 6.07) is 9.00. The molecule has 1 amide bonds. The highest BCUT2D eigenvalue weighted by Gasteiger charge is 2.28. The minimum absolute atomic E-state index is 0.0554.